The van der Waals surface area contributed by atoms with Crippen LogP contribution in [-0.4, -0.2) is 53.4 Å². The minimum absolute atomic E-state index is 0.101. The number of sulfonamides is 1. The molecule has 1 fully saturated rings. The highest BCUT2D eigenvalue weighted by Crippen LogP contribution is 2.37. The zero-order valence-corrected chi connectivity index (χ0v) is 22.7. The van der Waals surface area contributed by atoms with Gasteiger partial charge in [0.25, 0.3) is 0 Å². The van der Waals surface area contributed by atoms with Crippen LogP contribution in [0, 0.1) is 12.7 Å². The summed E-state index contributed by atoms with van der Waals surface area (Å²) in [6.45, 7) is 3.01. The Balaban J connectivity index is 1.38. The van der Waals surface area contributed by atoms with Gasteiger partial charge >= 0.3 is 0 Å². The monoisotopic (exact) mass is 561 g/mol. The second-order valence-electron chi connectivity index (χ2n) is 9.46. The molecular weight excluding hydrogens is 537 g/mol. The van der Waals surface area contributed by atoms with Crippen molar-refractivity contribution < 1.29 is 12.8 Å². The average molecular weight is 562 g/mol. The molecule has 3 aromatic carbocycles. The number of benzene rings is 3. The van der Waals surface area contributed by atoms with Crippen molar-refractivity contribution in [1.29, 1.82) is 0 Å². The molecule has 10 heteroatoms. The molecule has 2 aromatic heterocycles. The average Bonchev–Trinajstić information content (AvgIpc) is 3.35. The topological polar surface area (TPSA) is 71.3 Å². The van der Waals surface area contributed by atoms with Gasteiger partial charge < -0.3 is 9.47 Å². The van der Waals surface area contributed by atoms with E-state index in [1.165, 1.54) is 28.8 Å². The normalized spacial score (nSPS) is 14.7. The maximum atomic E-state index is 13.7. The van der Waals surface area contributed by atoms with E-state index in [0.717, 1.165) is 33.7 Å². The molecule has 0 saturated carbocycles. The number of hydrogen-bond acceptors (Lipinski definition) is 5. The maximum Gasteiger partial charge on any atom is 0.243 e. The highest BCUT2D eigenvalue weighted by molar-refractivity contribution is 7.89. The van der Waals surface area contributed by atoms with Crippen molar-refractivity contribution in [2.45, 2.75) is 11.8 Å². The zero-order chi connectivity index (χ0) is 27.1. The number of rotatable bonds is 5. The maximum absolute atomic E-state index is 13.7. The standard InChI is InChI=1S/C29H25ClFN5O2S/c1-20-16-24(10-11-26(20)31)39(37,38)35-14-12-34(13-15-35)28-27-25(21-6-3-2-4-7-21)18-36(29(27)33-19-32-28)23-9-5-8-22(30)17-23/h2-11,16-19H,12-15H2,1H3. The number of fused-ring (bicyclic) bond motifs is 1. The van der Waals surface area contributed by atoms with Gasteiger partial charge in [-0.25, -0.2) is 22.8 Å². The SMILES string of the molecule is Cc1cc(S(=O)(=O)N2CCN(c3ncnc4c3c(-c3ccccc3)cn4-c3cccc(Cl)c3)CC2)ccc1F. The van der Waals surface area contributed by atoms with E-state index in [1.807, 2.05) is 65.4 Å². The third kappa shape index (κ3) is 4.67. The van der Waals surface area contributed by atoms with Crippen LogP contribution < -0.4 is 4.90 Å². The van der Waals surface area contributed by atoms with Crippen LogP contribution in [0.2, 0.25) is 5.02 Å². The first kappa shape index (κ1) is 25.5. The highest BCUT2D eigenvalue weighted by Gasteiger charge is 2.31. The molecule has 5 aromatic rings. The molecular formula is C29H25ClFN5O2S. The quantitative estimate of drug-likeness (QED) is 0.275. The summed E-state index contributed by atoms with van der Waals surface area (Å²) in [7, 11) is -3.75. The van der Waals surface area contributed by atoms with Crippen molar-refractivity contribution in [3.05, 3.63) is 102 Å². The van der Waals surface area contributed by atoms with E-state index in [-0.39, 0.29) is 18.0 Å². The summed E-state index contributed by atoms with van der Waals surface area (Å²) in [5.41, 5.74) is 3.91. The molecule has 39 heavy (non-hydrogen) atoms. The van der Waals surface area contributed by atoms with Gasteiger partial charge in [0.1, 0.15) is 18.0 Å². The van der Waals surface area contributed by atoms with Crippen LogP contribution in [0.15, 0.2) is 90.2 Å². The van der Waals surface area contributed by atoms with Gasteiger partial charge in [-0.1, -0.05) is 48.0 Å². The Morgan fingerprint density at radius 1 is 0.897 bits per heavy atom. The molecule has 1 aliphatic heterocycles. The summed E-state index contributed by atoms with van der Waals surface area (Å²) >= 11 is 6.31. The van der Waals surface area contributed by atoms with Crippen molar-refractivity contribution in [1.82, 2.24) is 18.8 Å². The molecule has 6 rings (SSSR count). The van der Waals surface area contributed by atoms with Gasteiger partial charge in [0.05, 0.1) is 10.3 Å². The molecule has 0 amide bonds. The van der Waals surface area contributed by atoms with E-state index in [2.05, 4.69) is 14.9 Å². The summed E-state index contributed by atoms with van der Waals surface area (Å²) in [4.78, 5) is 11.5. The molecule has 7 nitrogen and oxygen atoms in total. The predicted octanol–water partition coefficient (Wildman–Crippen LogP) is 5.70. The second-order valence-corrected chi connectivity index (χ2v) is 11.8. The molecule has 0 radical (unpaired) electrons. The lowest BCUT2D eigenvalue weighted by atomic mass is 10.1. The fraction of sp³-hybridized carbons (Fsp3) is 0.172. The fourth-order valence-electron chi connectivity index (χ4n) is 5.01. The van der Waals surface area contributed by atoms with E-state index in [9.17, 15) is 12.8 Å². The number of hydrogen-bond donors (Lipinski definition) is 0. The van der Waals surface area contributed by atoms with Gasteiger partial charge in [0, 0.05) is 48.6 Å². The molecule has 3 heterocycles. The largest absolute Gasteiger partial charge is 0.353 e. The molecule has 0 atom stereocenters. The van der Waals surface area contributed by atoms with Crippen LogP contribution in [0.1, 0.15) is 5.56 Å². The molecule has 0 unspecified atom stereocenters. The van der Waals surface area contributed by atoms with Crippen molar-refractivity contribution in [2.24, 2.45) is 0 Å². The Morgan fingerprint density at radius 3 is 2.38 bits per heavy atom. The van der Waals surface area contributed by atoms with Crippen LogP contribution in [0.25, 0.3) is 27.8 Å². The zero-order valence-electron chi connectivity index (χ0n) is 21.1. The van der Waals surface area contributed by atoms with E-state index in [1.54, 1.807) is 6.92 Å². The van der Waals surface area contributed by atoms with Crippen LogP contribution >= 0.6 is 11.6 Å². The van der Waals surface area contributed by atoms with Gasteiger partial charge in [0.15, 0.2) is 5.65 Å². The van der Waals surface area contributed by atoms with Gasteiger partial charge in [-0.3, -0.25) is 0 Å². The number of halogens is 2. The Bertz CT molecular complexity index is 1780. The van der Waals surface area contributed by atoms with Gasteiger partial charge in [-0.2, -0.15) is 4.31 Å². The summed E-state index contributed by atoms with van der Waals surface area (Å²) < 4.78 is 43.8. The fourth-order valence-corrected chi connectivity index (χ4v) is 6.70. The molecule has 0 spiro atoms. The number of nitrogens with zero attached hydrogens (tertiary/aromatic N) is 5. The Hall–Kier alpha value is -3.79. The van der Waals surface area contributed by atoms with Crippen LogP contribution in [0.3, 0.4) is 0 Å². The Kier molecular flexibility index (Phi) is 6.58. The van der Waals surface area contributed by atoms with Gasteiger partial charge in [0.2, 0.25) is 10.0 Å². The third-order valence-corrected chi connectivity index (χ3v) is 9.17. The number of anilines is 1. The van der Waals surface area contributed by atoms with E-state index < -0.39 is 15.8 Å². The molecule has 1 saturated heterocycles. The highest BCUT2D eigenvalue weighted by atomic mass is 35.5. The minimum Gasteiger partial charge on any atom is -0.353 e. The first-order valence-corrected chi connectivity index (χ1v) is 14.3. The Labute approximate surface area is 231 Å². The summed E-state index contributed by atoms with van der Waals surface area (Å²) in [5.74, 6) is 0.319. The van der Waals surface area contributed by atoms with E-state index >= 15 is 0 Å². The first-order valence-electron chi connectivity index (χ1n) is 12.5. The first-order chi connectivity index (χ1) is 18.8. The van der Waals surface area contributed by atoms with Crippen LogP contribution in [-0.2, 0) is 10.0 Å². The van der Waals surface area contributed by atoms with E-state index in [0.29, 0.717) is 23.7 Å². The predicted molar refractivity (Wildman–Crippen MR) is 151 cm³/mol. The van der Waals surface area contributed by atoms with Gasteiger partial charge in [-0.05, 0) is 54.4 Å². The number of aromatic nitrogens is 3. The van der Waals surface area contributed by atoms with Crippen LogP contribution in [0.5, 0.6) is 0 Å². The number of piperazine rings is 1. The summed E-state index contributed by atoms with van der Waals surface area (Å²) in [5, 5.41) is 1.51. The molecule has 0 aliphatic carbocycles. The third-order valence-electron chi connectivity index (χ3n) is 7.04. The Morgan fingerprint density at radius 2 is 1.67 bits per heavy atom. The van der Waals surface area contributed by atoms with Crippen molar-refractivity contribution >= 4 is 38.5 Å². The van der Waals surface area contributed by atoms with Crippen LogP contribution in [0.4, 0.5) is 10.2 Å². The molecule has 0 N–H and O–H groups in total. The lowest BCUT2D eigenvalue weighted by Crippen LogP contribution is -2.49. The molecule has 0 bridgehead atoms. The van der Waals surface area contributed by atoms with Crippen molar-refractivity contribution in [3.8, 4) is 16.8 Å². The lowest BCUT2D eigenvalue weighted by molar-refractivity contribution is 0.384. The molecule has 198 valence electrons. The smallest absolute Gasteiger partial charge is 0.243 e. The van der Waals surface area contributed by atoms with Crippen molar-refractivity contribution in [2.75, 3.05) is 31.1 Å². The van der Waals surface area contributed by atoms with Crippen molar-refractivity contribution in [3.63, 3.8) is 0 Å². The summed E-state index contributed by atoms with van der Waals surface area (Å²) in [6.07, 6.45) is 3.58. The van der Waals surface area contributed by atoms with Gasteiger partial charge in [-0.15, -0.1) is 0 Å². The molecule has 1 aliphatic rings. The van der Waals surface area contributed by atoms with E-state index in [4.69, 9.17) is 11.6 Å². The second kappa shape index (κ2) is 10.1. The summed E-state index contributed by atoms with van der Waals surface area (Å²) in [6, 6.07) is 21.5. The lowest BCUT2D eigenvalue weighted by Gasteiger charge is -2.35. The number of aryl methyl sites for hydroxylation is 1. The minimum atomic E-state index is -3.75.